The van der Waals surface area contributed by atoms with Crippen LogP contribution in [-0.2, 0) is 14.4 Å². The van der Waals surface area contributed by atoms with E-state index in [4.69, 9.17) is 9.84 Å². The van der Waals surface area contributed by atoms with Gasteiger partial charge in [0.25, 0.3) is 5.91 Å². The molecule has 7 nitrogen and oxygen atoms in total. The van der Waals surface area contributed by atoms with E-state index in [1.54, 1.807) is 11.0 Å². The number of nitrogens with zero attached hydrogens (tertiary/aromatic N) is 2. The number of carbonyl (C=O) groups is 3. The van der Waals surface area contributed by atoms with Crippen LogP contribution in [0.1, 0.15) is 33.1 Å². The molecule has 0 radical (unpaired) electrons. The van der Waals surface area contributed by atoms with Crippen molar-refractivity contribution in [2.45, 2.75) is 39.2 Å². The Hall–Kier alpha value is -2.57. The first-order valence-electron chi connectivity index (χ1n) is 8.54. The van der Waals surface area contributed by atoms with E-state index in [9.17, 15) is 14.4 Å². The van der Waals surface area contributed by atoms with E-state index in [0.717, 1.165) is 0 Å². The lowest BCUT2D eigenvalue weighted by Crippen LogP contribution is -2.47. The van der Waals surface area contributed by atoms with Crippen LogP contribution >= 0.6 is 0 Å². The van der Waals surface area contributed by atoms with E-state index < -0.39 is 12.1 Å². The number of para-hydroxylation sites is 2. The van der Waals surface area contributed by atoms with Gasteiger partial charge in [-0.25, -0.2) is 0 Å². The van der Waals surface area contributed by atoms with Gasteiger partial charge < -0.3 is 19.6 Å². The number of benzene rings is 1. The van der Waals surface area contributed by atoms with Crippen molar-refractivity contribution in [2.75, 3.05) is 24.5 Å². The fraction of sp³-hybridized carbons (Fsp3) is 0.500. The van der Waals surface area contributed by atoms with Crippen molar-refractivity contribution in [2.24, 2.45) is 0 Å². The minimum absolute atomic E-state index is 0.0865. The number of carbonyl (C=O) groups excluding carboxylic acids is 2. The smallest absolute Gasteiger partial charge is 0.305 e. The number of hydrogen-bond acceptors (Lipinski definition) is 4. The maximum atomic E-state index is 12.6. The molecule has 136 valence electrons. The molecule has 1 unspecified atom stereocenters. The summed E-state index contributed by atoms with van der Waals surface area (Å²) in [6.45, 7) is 4.55. The number of ether oxygens (including phenoxy) is 1. The van der Waals surface area contributed by atoms with Crippen LogP contribution in [0.4, 0.5) is 5.69 Å². The van der Waals surface area contributed by atoms with Gasteiger partial charge in [0, 0.05) is 26.1 Å². The molecule has 2 rings (SSSR count). The van der Waals surface area contributed by atoms with Crippen LogP contribution in [0.2, 0.25) is 0 Å². The van der Waals surface area contributed by atoms with Crippen molar-refractivity contribution in [1.82, 2.24) is 4.90 Å². The third-order valence-corrected chi connectivity index (χ3v) is 4.22. The summed E-state index contributed by atoms with van der Waals surface area (Å²) in [7, 11) is 0. The Morgan fingerprint density at radius 1 is 1.24 bits per heavy atom. The van der Waals surface area contributed by atoms with Crippen LogP contribution in [0.3, 0.4) is 0 Å². The van der Waals surface area contributed by atoms with E-state index in [2.05, 4.69) is 0 Å². The number of anilines is 1. The van der Waals surface area contributed by atoms with E-state index in [1.807, 2.05) is 32.0 Å². The highest BCUT2D eigenvalue weighted by atomic mass is 16.5. The molecule has 25 heavy (non-hydrogen) atoms. The predicted molar refractivity (Wildman–Crippen MR) is 92.6 cm³/mol. The van der Waals surface area contributed by atoms with Crippen molar-refractivity contribution in [3.8, 4) is 5.75 Å². The van der Waals surface area contributed by atoms with Gasteiger partial charge in [-0.1, -0.05) is 19.1 Å². The summed E-state index contributed by atoms with van der Waals surface area (Å²) < 4.78 is 5.71. The molecular formula is C18H24N2O5. The van der Waals surface area contributed by atoms with Gasteiger partial charge in [0.05, 0.1) is 12.1 Å². The van der Waals surface area contributed by atoms with Crippen LogP contribution < -0.4 is 9.64 Å². The molecule has 0 aliphatic carbocycles. The Kier molecular flexibility index (Phi) is 6.38. The summed E-state index contributed by atoms with van der Waals surface area (Å²) in [6.07, 6.45) is 0.0669. The predicted octanol–water partition coefficient (Wildman–Crippen LogP) is 1.90. The van der Waals surface area contributed by atoms with Gasteiger partial charge in [-0.2, -0.15) is 0 Å². The Morgan fingerprint density at radius 2 is 1.96 bits per heavy atom. The number of fused-ring (bicyclic) bond motifs is 1. The first-order valence-corrected chi connectivity index (χ1v) is 8.54. The van der Waals surface area contributed by atoms with Crippen molar-refractivity contribution in [3.05, 3.63) is 24.3 Å². The van der Waals surface area contributed by atoms with Crippen LogP contribution in [0.25, 0.3) is 0 Å². The van der Waals surface area contributed by atoms with Gasteiger partial charge >= 0.3 is 5.97 Å². The third kappa shape index (κ3) is 4.49. The molecule has 2 amide bonds. The summed E-state index contributed by atoms with van der Waals surface area (Å²) in [5, 5.41) is 8.77. The second-order valence-electron chi connectivity index (χ2n) is 5.84. The molecule has 1 aliphatic rings. The third-order valence-electron chi connectivity index (χ3n) is 4.22. The normalized spacial score (nSPS) is 16.2. The topological polar surface area (TPSA) is 87.2 Å². The van der Waals surface area contributed by atoms with E-state index >= 15 is 0 Å². The lowest BCUT2D eigenvalue weighted by molar-refractivity contribution is -0.138. The fourth-order valence-electron chi connectivity index (χ4n) is 2.82. The molecule has 0 saturated carbocycles. The molecule has 1 N–H and O–H groups in total. The number of aliphatic carboxylic acids is 1. The van der Waals surface area contributed by atoms with Gasteiger partial charge in [0.15, 0.2) is 6.10 Å². The lowest BCUT2D eigenvalue weighted by atomic mass is 10.1. The molecule has 1 aromatic carbocycles. The van der Waals surface area contributed by atoms with E-state index in [1.165, 1.54) is 4.90 Å². The molecule has 0 bridgehead atoms. The van der Waals surface area contributed by atoms with Gasteiger partial charge in [0.1, 0.15) is 5.75 Å². The Labute approximate surface area is 147 Å². The van der Waals surface area contributed by atoms with Crippen LogP contribution in [0, 0.1) is 0 Å². The Balaban J connectivity index is 2.06. The van der Waals surface area contributed by atoms with E-state index in [-0.39, 0.29) is 37.7 Å². The fourth-order valence-corrected chi connectivity index (χ4v) is 2.82. The van der Waals surface area contributed by atoms with Gasteiger partial charge in [-0.3, -0.25) is 14.4 Å². The quantitative estimate of drug-likeness (QED) is 0.775. The summed E-state index contributed by atoms with van der Waals surface area (Å²) >= 11 is 0. The Bertz CT molecular complexity index is 646. The van der Waals surface area contributed by atoms with Crippen molar-refractivity contribution < 1.29 is 24.2 Å². The van der Waals surface area contributed by atoms with Crippen LogP contribution in [0.5, 0.6) is 5.75 Å². The molecule has 7 heteroatoms. The first-order chi connectivity index (χ1) is 12.0. The van der Waals surface area contributed by atoms with Crippen LogP contribution in [-0.4, -0.2) is 53.5 Å². The zero-order valence-corrected chi connectivity index (χ0v) is 14.6. The average molecular weight is 348 g/mol. The number of rotatable bonds is 8. The van der Waals surface area contributed by atoms with Crippen LogP contribution in [0.15, 0.2) is 24.3 Å². The molecule has 0 saturated heterocycles. The molecule has 0 aromatic heterocycles. The van der Waals surface area contributed by atoms with Crippen molar-refractivity contribution >= 4 is 23.5 Å². The van der Waals surface area contributed by atoms with Crippen molar-refractivity contribution in [1.29, 1.82) is 0 Å². The summed E-state index contributed by atoms with van der Waals surface area (Å²) in [6, 6.07) is 7.27. The van der Waals surface area contributed by atoms with Gasteiger partial charge in [-0.15, -0.1) is 0 Å². The standard InChI is InChI=1S/C18H24N2O5/c1-3-14-18(24)20(13-7-5-6-8-15(13)25-14)12-9-16(21)19(4-2)11-10-17(22)23/h5-8,14H,3-4,9-12H2,1-2H3,(H,22,23). The summed E-state index contributed by atoms with van der Waals surface area (Å²) in [5.74, 6) is -0.606. The second kappa shape index (κ2) is 8.50. The highest BCUT2D eigenvalue weighted by Gasteiger charge is 2.33. The molecule has 1 atom stereocenters. The second-order valence-corrected chi connectivity index (χ2v) is 5.84. The number of carboxylic acid groups (broad SMARTS) is 1. The molecule has 0 spiro atoms. The minimum atomic E-state index is -0.936. The Morgan fingerprint density at radius 3 is 2.60 bits per heavy atom. The summed E-state index contributed by atoms with van der Waals surface area (Å²) in [5.41, 5.74) is 0.665. The zero-order valence-electron chi connectivity index (χ0n) is 14.6. The lowest BCUT2D eigenvalue weighted by Gasteiger charge is -2.34. The van der Waals surface area contributed by atoms with Gasteiger partial charge in [0.2, 0.25) is 5.91 Å². The molecule has 1 aliphatic heterocycles. The highest BCUT2D eigenvalue weighted by molar-refractivity contribution is 6.00. The number of amides is 2. The first kappa shape index (κ1) is 18.8. The number of carboxylic acids is 1. The SMILES string of the molecule is CCC1Oc2ccccc2N(CCC(=O)N(CC)CCC(=O)O)C1=O. The number of hydrogen-bond donors (Lipinski definition) is 1. The molecule has 0 fully saturated rings. The maximum Gasteiger partial charge on any atom is 0.305 e. The molecule has 1 aromatic rings. The maximum absolute atomic E-state index is 12.6. The zero-order chi connectivity index (χ0) is 18.4. The molecule has 1 heterocycles. The highest BCUT2D eigenvalue weighted by Crippen LogP contribution is 2.34. The van der Waals surface area contributed by atoms with E-state index in [0.29, 0.717) is 24.4 Å². The minimum Gasteiger partial charge on any atom is -0.481 e. The van der Waals surface area contributed by atoms with Gasteiger partial charge in [-0.05, 0) is 25.5 Å². The monoisotopic (exact) mass is 348 g/mol. The summed E-state index contributed by atoms with van der Waals surface area (Å²) in [4.78, 5) is 38.7. The molecular weight excluding hydrogens is 324 g/mol. The van der Waals surface area contributed by atoms with Crippen molar-refractivity contribution in [3.63, 3.8) is 0 Å². The largest absolute Gasteiger partial charge is 0.481 e. The average Bonchev–Trinajstić information content (AvgIpc) is 2.60.